The lowest BCUT2D eigenvalue weighted by Crippen LogP contribution is -2.35. The van der Waals surface area contributed by atoms with Crippen LogP contribution in [0.3, 0.4) is 0 Å². The van der Waals surface area contributed by atoms with E-state index in [1.54, 1.807) is 0 Å². The Morgan fingerprint density at radius 2 is 1.72 bits per heavy atom. The molecule has 10 heteroatoms. The third kappa shape index (κ3) is 5.41. The number of hydrogen-bond donors (Lipinski definition) is 1. The maximum Gasteiger partial charge on any atom is 0.346 e. The Hall–Kier alpha value is -3.69. The monoisotopic (exact) mass is 406 g/mol. The van der Waals surface area contributed by atoms with Crippen LogP contribution in [0.15, 0.2) is 36.4 Å². The molecule has 0 saturated carbocycles. The summed E-state index contributed by atoms with van der Waals surface area (Å²) in [5, 5.41) is 13.8. The lowest BCUT2D eigenvalue weighted by atomic mass is 10.1. The molecular formula is C19H19FN2O7. The second-order valence-electron chi connectivity index (χ2n) is 5.87. The Balaban J connectivity index is 2.10. The minimum atomic E-state index is -1.23. The summed E-state index contributed by atoms with van der Waals surface area (Å²) in [4.78, 5) is 35.1. The summed E-state index contributed by atoms with van der Waals surface area (Å²) in [6, 6.07) is 7.65. The van der Waals surface area contributed by atoms with E-state index in [1.807, 2.05) is 0 Å². The molecule has 2 rings (SSSR count). The van der Waals surface area contributed by atoms with Gasteiger partial charge in [0, 0.05) is 12.6 Å². The summed E-state index contributed by atoms with van der Waals surface area (Å²) in [7, 11) is 2.61. The first-order valence-corrected chi connectivity index (χ1v) is 8.40. The van der Waals surface area contributed by atoms with Gasteiger partial charge in [-0.2, -0.15) is 0 Å². The van der Waals surface area contributed by atoms with Gasteiger partial charge in [-0.3, -0.25) is 14.9 Å². The lowest BCUT2D eigenvalue weighted by Gasteiger charge is -2.15. The van der Waals surface area contributed by atoms with Crippen molar-refractivity contribution in [2.45, 2.75) is 19.6 Å². The summed E-state index contributed by atoms with van der Waals surface area (Å²) in [6.45, 7) is 1.42. The molecule has 1 N–H and O–H groups in total. The molecule has 0 aliphatic heterocycles. The van der Waals surface area contributed by atoms with Crippen LogP contribution in [-0.2, 0) is 16.1 Å². The van der Waals surface area contributed by atoms with E-state index in [2.05, 4.69) is 5.32 Å². The summed E-state index contributed by atoms with van der Waals surface area (Å²) >= 11 is 0. The molecular weight excluding hydrogens is 387 g/mol. The normalized spacial score (nSPS) is 11.3. The molecule has 1 atom stereocenters. The number of nitrogens with one attached hydrogen (secondary N) is 1. The number of carbonyl (C=O) groups is 2. The smallest absolute Gasteiger partial charge is 0.346 e. The van der Waals surface area contributed by atoms with E-state index >= 15 is 0 Å². The van der Waals surface area contributed by atoms with Crippen LogP contribution in [0.1, 0.15) is 22.8 Å². The predicted octanol–water partition coefficient (Wildman–Crippen LogP) is 2.61. The van der Waals surface area contributed by atoms with E-state index in [4.69, 9.17) is 14.2 Å². The van der Waals surface area contributed by atoms with Crippen LogP contribution in [-0.4, -0.2) is 37.1 Å². The van der Waals surface area contributed by atoms with Crippen LogP contribution in [0.4, 0.5) is 10.1 Å². The van der Waals surface area contributed by atoms with Gasteiger partial charge in [-0.25, -0.2) is 9.18 Å². The first-order valence-electron chi connectivity index (χ1n) is 8.40. The molecule has 0 aromatic heterocycles. The summed E-state index contributed by atoms with van der Waals surface area (Å²) in [6.07, 6.45) is -1.23. The van der Waals surface area contributed by atoms with E-state index in [0.717, 1.165) is 12.1 Å². The topological polar surface area (TPSA) is 117 Å². The van der Waals surface area contributed by atoms with Gasteiger partial charge in [0.1, 0.15) is 11.4 Å². The molecule has 0 bridgehead atoms. The number of nitrogens with zero attached hydrogens (tertiary/aromatic N) is 1. The molecule has 2 aromatic carbocycles. The van der Waals surface area contributed by atoms with Crippen LogP contribution < -0.4 is 14.8 Å². The number of methoxy groups -OCH3 is 2. The number of nitro groups is 1. The van der Waals surface area contributed by atoms with Gasteiger partial charge in [0.25, 0.3) is 11.6 Å². The Morgan fingerprint density at radius 3 is 2.28 bits per heavy atom. The zero-order valence-corrected chi connectivity index (χ0v) is 15.9. The molecule has 0 fully saturated rings. The fourth-order valence-corrected chi connectivity index (χ4v) is 2.40. The fourth-order valence-electron chi connectivity index (χ4n) is 2.40. The van der Waals surface area contributed by atoms with Crippen molar-refractivity contribution in [2.24, 2.45) is 0 Å². The molecule has 9 nitrogen and oxygen atoms in total. The van der Waals surface area contributed by atoms with Gasteiger partial charge in [0.15, 0.2) is 17.6 Å². The number of amides is 1. The van der Waals surface area contributed by atoms with E-state index in [1.165, 1.54) is 45.4 Å². The average molecular weight is 406 g/mol. The average Bonchev–Trinajstić information content (AvgIpc) is 2.71. The Labute approximate surface area is 165 Å². The molecule has 154 valence electrons. The third-order valence-corrected chi connectivity index (χ3v) is 3.95. The van der Waals surface area contributed by atoms with Gasteiger partial charge in [-0.05, 0) is 24.6 Å². The summed E-state index contributed by atoms with van der Waals surface area (Å²) in [5.41, 5.74) is -0.286. The SMILES string of the molecule is COc1cc(C(=O)O[C@@H](C)C(=O)NCc2ccc(F)cc2)c([N+](=O)[O-])cc1OC. The Kier molecular flexibility index (Phi) is 7.07. The van der Waals surface area contributed by atoms with Gasteiger partial charge in [-0.1, -0.05) is 12.1 Å². The number of rotatable bonds is 8. The number of halogens is 1. The molecule has 0 aliphatic carbocycles. The van der Waals surface area contributed by atoms with E-state index in [9.17, 15) is 24.1 Å². The van der Waals surface area contributed by atoms with Gasteiger partial charge in [0.2, 0.25) is 0 Å². The highest BCUT2D eigenvalue weighted by atomic mass is 19.1. The highest BCUT2D eigenvalue weighted by molar-refractivity contribution is 5.96. The lowest BCUT2D eigenvalue weighted by molar-refractivity contribution is -0.385. The number of ether oxygens (including phenoxy) is 3. The summed E-state index contributed by atoms with van der Waals surface area (Å²) in [5.74, 6) is -1.92. The van der Waals surface area contributed by atoms with Gasteiger partial charge in [-0.15, -0.1) is 0 Å². The second-order valence-corrected chi connectivity index (χ2v) is 5.87. The third-order valence-electron chi connectivity index (χ3n) is 3.95. The maximum atomic E-state index is 12.9. The van der Waals surface area contributed by atoms with Crippen molar-refractivity contribution in [3.05, 3.63) is 63.5 Å². The van der Waals surface area contributed by atoms with Crippen LogP contribution in [0, 0.1) is 15.9 Å². The van der Waals surface area contributed by atoms with Crippen LogP contribution >= 0.6 is 0 Å². The van der Waals surface area contributed by atoms with Crippen LogP contribution in [0.25, 0.3) is 0 Å². The Bertz CT molecular complexity index is 916. The van der Waals surface area contributed by atoms with Crippen molar-refractivity contribution in [1.82, 2.24) is 5.32 Å². The number of carbonyl (C=O) groups excluding carboxylic acids is 2. The number of esters is 1. The first-order chi connectivity index (χ1) is 13.8. The highest BCUT2D eigenvalue weighted by Crippen LogP contribution is 2.34. The van der Waals surface area contributed by atoms with Crippen molar-refractivity contribution in [3.63, 3.8) is 0 Å². The van der Waals surface area contributed by atoms with E-state index in [0.29, 0.717) is 5.56 Å². The van der Waals surface area contributed by atoms with E-state index < -0.39 is 34.4 Å². The van der Waals surface area contributed by atoms with Crippen molar-refractivity contribution >= 4 is 17.6 Å². The standard InChI is InChI=1S/C19H19FN2O7/c1-11(18(23)21-10-12-4-6-13(20)7-5-12)29-19(24)14-8-16(27-2)17(28-3)9-15(14)22(25)26/h4-9,11H,10H2,1-3H3,(H,21,23)/t11-/m0/s1. The zero-order valence-electron chi connectivity index (χ0n) is 15.9. The molecule has 0 unspecified atom stereocenters. The minimum absolute atomic E-state index is 0.0702. The van der Waals surface area contributed by atoms with Crippen molar-refractivity contribution in [3.8, 4) is 11.5 Å². The molecule has 29 heavy (non-hydrogen) atoms. The predicted molar refractivity (Wildman–Crippen MR) is 99.3 cm³/mol. The highest BCUT2D eigenvalue weighted by Gasteiger charge is 2.28. The van der Waals surface area contributed by atoms with Crippen LogP contribution in [0.2, 0.25) is 0 Å². The maximum absolute atomic E-state index is 12.9. The van der Waals surface area contributed by atoms with Gasteiger partial charge in [0.05, 0.1) is 25.2 Å². The van der Waals surface area contributed by atoms with Crippen molar-refractivity contribution in [1.29, 1.82) is 0 Å². The molecule has 0 heterocycles. The van der Waals surface area contributed by atoms with E-state index in [-0.39, 0.29) is 23.6 Å². The number of benzene rings is 2. The molecule has 0 saturated heterocycles. The number of hydrogen-bond acceptors (Lipinski definition) is 7. The molecule has 1 amide bonds. The zero-order chi connectivity index (χ0) is 21.6. The molecule has 0 aliphatic rings. The van der Waals surface area contributed by atoms with Crippen molar-refractivity contribution < 1.29 is 33.1 Å². The fraction of sp³-hybridized carbons (Fsp3) is 0.263. The molecule has 2 aromatic rings. The van der Waals surface area contributed by atoms with Crippen molar-refractivity contribution in [2.75, 3.05) is 14.2 Å². The minimum Gasteiger partial charge on any atom is -0.493 e. The second kappa shape index (κ2) is 9.49. The Morgan fingerprint density at radius 1 is 1.14 bits per heavy atom. The molecule has 0 radical (unpaired) electrons. The van der Waals surface area contributed by atoms with Gasteiger partial charge < -0.3 is 19.5 Å². The quantitative estimate of drug-likeness (QED) is 0.407. The number of nitro benzene ring substituents is 1. The largest absolute Gasteiger partial charge is 0.493 e. The molecule has 0 spiro atoms. The van der Waals surface area contributed by atoms with Crippen LogP contribution in [0.5, 0.6) is 11.5 Å². The summed E-state index contributed by atoms with van der Waals surface area (Å²) < 4.78 is 28.0. The van der Waals surface area contributed by atoms with Gasteiger partial charge >= 0.3 is 5.97 Å². The first kappa shape index (κ1) is 21.6.